The van der Waals surface area contributed by atoms with Gasteiger partial charge in [0.1, 0.15) is 5.82 Å². The molecule has 0 aromatic heterocycles. The molecular weight excluding hydrogens is 321 g/mol. The van der Waals surface area contributed by atoms with Crippen LogP contribution in [-0.2, 0) is 20.7 Å². The van der Waals surface area contributed by atoms with Crippen molar-refractivity contribution in [2.45, 2.75) is 45.1 Å². The number of esters is 1. The van der Waals surface area contributed by atoms with E-state index in [4.69, 9.17) is 16.3 Å². The van der Waals surface area contributed by atoms with Gasteiger partial charge < -0.3 is 10.1 Å². The van der Waals surface area contributed by atoms with Crippen molar-refractivity contribution in [3.63, 3.8) is 0 Å². The van der Waals surface area contributed by atoms with Crippen molar-refractivity contribution in [2.24, 2.45) is 5.92 Å². The van der Waals surface area contributed by atoms with Gasteiger partial charge in [-0.05, 0) is 43.7 Å². The van der Waals surface area contributed by atoms with E-state index in [1.165, 1.54) is 18.2 Å². The highest BCUT2D eigenvalue weighted by molar-refractivity contribution is 6.31. The predicted molar refractivity (Wildman–Crippen MR) is 85.6 cm³/mol. The number of halogens is 2. The minimum absolute atomic E-state index is 0.0841. The zero-order valence-corrected chi connectivity index (χ0v) is 13.9. The molecule has 4 nitrogen and oxygen atoms in total. The number of nitrogens with one attached hydrogen (secondary N) is 1. The maximum atomic E-state index is 13.6. The average molecular weight is 342 g/mol. The lowest BCUT2D eigenvalue weighted by atomic mass is 9.87. The molecule has 1 aliphatic rings. The van der Waals surface area contributed by atoms with E-state index in [0.717, 1.165) is 25.7 Å². The van der Waals surface area contributed by atoms with Crippen molar-refractivity contribution < 1.29 is 18.7 Å². The van der Waals surface area contributed by atoms with E-state index in [2.05, 4.69) is 12.2 Å². The van der Waals surface area contributed by atoms with Gasteiger partial charge in [-0.1, -0.05) is 24.6 Å². The largest absolute Gasteiger partial charge is 0.455 e. The summed E-state index contributed by atoms with van der Waals surface area (Å²) < 4.78 is 18.5. The van der Waals surface area contributed by atoms with Crippen LogP contribution in [0.2, 0.25) is 5.02 Å². The van der Waals surface area contributed by atoms with Gasteiger partial charge in [-0.3, -0.25) is 9.59 Å². The summed E-state index contributed by atoms with van der Waals surface area (Å²) in [6.07, 6.45) is 3.80. The molecule has 1 fully saturated rings. The first-order chi connectivity index (χ1) is 11.0. The summed E-state index contributed by atoms with van der Waals surface area (Å²) in [7, 11) is 0. The van der Waals surface area contributed by atoms with Gasteiger partial charge in [0.25, 0.3) is 5.91 Å². The normalized spacial score (nSPS) is 20.8. The van der Waals surface area contributed by atoms with Crippen LogP contribution in [-0.4, -0.2) is 24.5 Å². The molecule has 0 aliphatic heterocycles. The summed E-state index contributed by atoms with van der Waals surface area (Å²) in [5, 5.41) is 3.03. The van der Waals surface area contributed by atoms with Gasteiger partial charge in [-0.15, -0.1) is 0 Å². The van der Waals surface area contributed by atoms with Crippen molar-refractivity contribution in [3.05, 3.63) is 34.6 Å². The third-order valence-corrected chi connectivity index (χ3v) is 4.48. The molecule has 1 aromatic rings. The number of hydrogen-bond donors (Lipinski definition) is 1. The van der Waals surface area contributed by atoms with Crippen LogP contribution in [0.4, 0.5) is 4.39 Å². The molecule has 0 saturated heterocycles. The second kappa shape index (κ2) is 8.29. The summed E-state index contributed by atoms with van der Waals surface area (Å²) >= 11 is 5.85. The minimum atomic E-state index is -0.676. The number of rotatable bonds is 5. The molecule has 6 heteroatoms. The second-order valence-corrected chi connectivity index (χ2v) is 6.47. The van der Waals surface area contributed by atoms with E-state index < -0.39 is 11.8 Å². The Morgan fingerprint density at radius 2 is 2.00 bits per heavy atom. The molecule has 2 rings (SSSR count). The molecule has 0 heterocycles. The monoisotopic (exact) mass is 341 g/mol. The third-order valence-electron chi connectivity index (χ3n) is 4.13. The van der Waals surface area contributed by atoms with Crippen LogP contribution in [0.5, 0.6) is 0 Å². The number of ether oxygens (including phenoxy) is 1. The number of carbonyl (C=O) groups is 2. The molecular formula is C17H21ClFNO3. The average Bonchev–Trinajstić information content (AvgIpc) is 2.51. The van der Waals surface area contributed by atoms with E-state index in [1.807, 2.05) is 0 Å². The molecule has 1 N–H and O–H groups in total. The van der Waals surface area contributed by atoms with E-state index >= 15 is 0 Å². The van der Waals surface area contributed by atoms with Crippen LogP contribution in [0.1, 0.15) is 38.2 Å². The molecule has 1 aliphatic carbocycles. The standard InChI is InChI=1S/C17H21ClFNO3/c1-11-5-7-12(8-6-11)20-16(21)10-23-17(22)9-13-14(18)3-2-4-15(13)19/h2-4,11-12H,5-10H2,1H3,(H,20,21). The maximum absolute atomic E-state index is 13.6. The lowest BCUT2D eigenvalue weighted by Gasteiger charge is -2.26. The van der Waals surface area contributed by atoms with Gasteiger partial charge in [0.05, 0.1) is 6.42 Å². The van der Waals surface area contributed by atoms with E-state index in [0.29, 0.717) is 5.92 Å². The summed E-state index contributed by atoms with van der Waals surface area (Å²) in [5.74, 6) is -0.858. The Hall–Kier alpha value is -1.62. The summed E-state index contributed by atoms with van der Waals surface area (Å²) in [4.78, 5) is 23.5. The Kier molecular flexibility index (Phi) is 6.39. The van der Waals surface area contributed by atoms with Gasteiger partial charge in [0.15, 0.2) is 6.61 Å². The third kappa shape index (κ3) is 5.50. The molecule has 0 bridgehead atoms. The molecule has 0 spiro atoms. The molecule has 1 aromatic carbocycles. The van der Waals surface area contributed by atoms with Crippen LogP contribution >= 0.6 is 11.6 Å². The molecule has 1 saturated carbocycles. The highest BCUT2D eigenvalue weighted by atomic mass is 35.5. The van der Waals surface area contributed by atoms with E-state index in [1.54, 1.807) is 0 Å². The fraction of sp³-hybridized carbons (Fsp3) is 0.529. The van der Waals surface area contributed by atoms with Crippen LogP contribution in [0, 0.1) is 11.7 Å². The summed E-state index contributed by atoms with van der Waals surface area (Å²) in [6, 6.07) is 4.35. The predicted octanol–water partition coefficient (Wildman–Crippen LogP) is 3.26. The lowest BCUT2D eigenvalue weighted by molar-refractivity contribution is -0.148. The molecule has 0 unspecified atom stereocenters. The van der Waals surface area contributed by atoms with Crippen molar-refractivity contribution in [1.29, 1.82) is 0 Å². The van der Waals surface area contributed by atoms with Crippen molar-refractivity contribution in [2.75, 3.05) is 6.61 Å². The Bertz CT molecular complexity index is 551. The van der Waals surface area contributed by atoms with Crippen LogP contribution in [0.3, 0.4) is 0 Å². The first-order valence-electron chi connectivity index (χ1n) is 7.83. The van der Waals surface area contributed by atoms with E-state index in [-0.39, 0.29) is 35.6 Å². The first-order valence-corrected chi connectivity index (χ1v) is 8.21. The number of amides is 1. The van der Waals surface area contributed by atoms with E-state index in [9.17, 15) is 14.0 Å². The molecule has 126 valence electrons. The van der Waals surface area contributed by atoms with Crippen LogP contribution < -0.4 is 5.32 Å². The fourth-order valence-electron chi connectivity index (χ4n) is 2.72. The summed E-state index contributed by atoms with van der Waals surface area (Å²) in [6.45, 7) is 1.85. The minimum Gasteiger partial charge on any atom is -0.455 e. The second-order valence-electron chi connectivity index (χ2n) is 6.06. The van der Waals surface area contributed by atoms with Gasteiger partial charge in [-0.25, -0.2) is 4.39 Å². The Morgan fingerprint density at radius 1 is 1.30 bits per heavy atom. The van der Waals surface area contributed by atoms with Gasteiger partial charge in [-0.2, -0.15) is 0 Å². The summed E-state index contributed by atoms with van der Waals surface area (Å²) in [5.41, 5.74) is 0.0841. The Morgan fingerprint density at radius 3 is 2.65 bits per heavy atom. The SMILES string of the molecule is CC1CCC(NC(=O)COC(=O)Cc2c(F)cccc2Cl)CC1. The maximum Gasteiger partial charge on any atom is 0.310 e. The number of carbonyl (C=O) groups excluding carboxylic acids is 2. The highest BCUT2D eigenvalue weighted by Gasteiger charge is 2.20. The Labute approximate surface area is 140 Å². The topological polar surface area (TPSA) is 55.4 Å². The van der Waals surface area contributed by atoms with Crippen molar-refractivity contribution in [3.8, 4) is 0 Å². The molecule has 0 atom stereocenters. The molecule has 1 amide bonds. The van der Waals surface area contributed by atoms with Gasteiger partial charge in [0, 0.05) is 16.6 Å². The van der Waals surface area contributed by atoms with Crippen molar-refractivity contribution in [1.82, 2.24) is 5.32 Å². The highest BCUT2D eigenvalue weighted by Crippen LogP contribution is 2.23. The van der Waals surface area contributed by atoms with Crippen LogP contribution in [0.25, 0.3) is 0 Å². The zero-order valence-electron chi connectivity index (χ0n) is 13.1. The number of benzene rings is 1. The quantitative estimate of drug-likeness (QED) is 0.836. The number of hydrogen-bond acceptors (Lipinski definition) is 3. The smallest absolute Gasteiger partial charge is 0.310 e. The lowest BCUT2D eigenvalue weighted by Crippen LogP contribution is -2.39. The fourth-order valence-corrected chi connectivity index (χ4v) is 2.95. The zero-order chi connectivity index (χ0) is 16.8. The molecule has 23 heavy (non-hydrogen) atoms. The first kappa shape index (κ1) is 17.7. The molecule has 0 radical (unpaired) electrons. The Balaban J connectivity index is 1.75. The van der Waals surface area contributed by atoms with Crippen molar-refractivity contribution >= 4 is 23.5 Å². The van der Waals surface area contributed by atoms with Gasteiger partial charge >= 0.3 is 5.97 Å². The van der Waals surface area contributed by atoms with Crippen LogP contribution in [0.15, 0.2) is 18.2 Å². The van der Waals surface area contributed by atoms with Gasteiger partial charge in [0.2, 0.25) is 0 Å².